The van der Waals surface area contributed by atoms with Crippen LogP contribution in [-0.4, -0.2) is 39.5 Å². The molecule has 1 aromatic rings. The van der Waals surface area contributed by atoms with Crippen LogP contribution in [0.1, 0.15) is 18.9 Å². The molecule has 1 unspecified atom stereocenters. The van der Waals surface area contributed by atoms with E-state index in [4.69, 9.17) is 21.1 Å². The molecule has 114 valence electrons. The van der Waals surface area contributed by atoms with Gasteiger partial charge in [0.25, 0.3) is 0 Å². The number of rotatable bonds is 10. The summed E-state index contributed by atoms with van der Waals surface area (Å²) in [6.07, 6.45) is 1.43. The first-order valence-electron chi connectivity index (χ1n) is 6.92. The summed E-state index contributed by atoms with van der Waals surface area (Å²) in [5, 5.41) is 3.52. The molecule has 0 aliphatic rings. The van der Waals surface area contributed by atoms with Gasteiger partial charge in [-0.25, -0.2) is 4.39 Å². The first-order chi connectivity index (χ1) is 9.69. The molecule has 0 aromatic heterocycles. The third-order valence-electron chi connectivity index (χ3n) is 3.03. The van der Waals surface area contributed by atoms with Gasteiger partial charge in [-0.15, -0.1) is 0 Å². The van der Waals surface area contributed by atoms with E-state index < -0.39 is 0 Å². The van der Waals surface area contributed by atoms with Crippen molar-refractivity contribution in [3.8, 4) is 0 Å². The van der Waals surface area contributed by atoms with Crippen LogP contribution in [0.4, 0.5) is 4.39 Å². The van der Waals surface area contributed by atoms with Gasteiger partial charge in [-0.05, 0) is 31.0 Å². The van der Waals surface area contributed by atoms with Gasteiger partial charge >= 0.3 is 0 Å². The molecule has 0 saturated heterocycles. The van der Waals surface area contributed by atoms with Crippen LogP contribution in [0.15, 0.2) is 18.2 Å². The highest BCUT2D eigenvalue weighted by Gasteiger charge is 2.13. The second-order valence-electron chi connectivity index (χ2n) is 4.57. The minimum Gasteiger partial charge on any atom is -0.382 e. The van der Waals surface area contributed by atoms with Crippen molar-refractivity contribution in [3.63, 3.8) is 0 Å². The molecule has 5 heteroatoms. The van der Waals surface area contributed by atoms with Crippen molar-refractivity contribution in [3.05, 3.63) is 34.6 Å². The van der Waals surface area contributed by atoms with Gasteiger partial charge in [0.2, 0.25) is 0 Å². The van der Waals surface area contributed by atoms with E-state index >= 15 is 0 Å². The van der Waals surface area contributed by atoms with Gasteiger partial charge in [-0.3, -0.25) is 0 Å². The fraction of sp³-hybridized carbons (Fsp3) is 0.600. The number of ether oxygens (including phenoxy) is 2. The van der Waals surface area contributed by atoms with Crippen LogP contribution in [0.25, 0.3) is 0 Å². The first kappa shape index (κ1) is 17.4. The molecule has 1 aromatic carbocycles. The molecule has 3 nitrogen and oxygen atoms in total. The van der Waals surface area contributed by atoms with Gasteiger partial charge in [0.05, 0.1) is 18.2 Å². The van der Waals surface area contributed by atoms with Crippen molar-refractivity contribution in [1.29, 1.82) is 0 Å². The van der Waals surface area contributed by atoms with Crippen molar-refractivity contribution in [1.82, 2.24) is 5.32 Å². The highest BCUT2D eigenvalue weighted by atomic mass is 35.5. The Morgan fingerprint density at radius 1 is 1.30 bits per heavy atom. The Bertz CT molecular complexity index is 390. The molecule has 1 N–H and O–H groups in total. The zero-order valence-corrected chi connectivity index (χ0v) is 12.9. The average molecular weight is 304 g/mol. The third-order valence-corrected chi connectivity index (χ3v) is 3.33. The number of hydrogen-bond acceptors (Lipinski definition) is 3. The van der Waals surface area contributed by atoms with Crippen molar-refractivity contribution < 1.29 is 13.9 Å². The summed E-state index contributed by atoms with van der Waals surface area (Å²) in [6.45, 7) is 4.68. The molecule has 0 aliphatic carbocycles. The lowest BCUT2D eigenvalue weighted by atomic mass is 10.0. The number of benzene rings is 1. The SMILES string of the molecule is CCNC(CCOCCOC)Cc1cccc(Cl)c1F. The summed E-state index contributed by atoms with van der Waals surface area (Å²) in [7, 11) is 1.65. The van der Waals surface area contributed by atoms with Crippen LogP contribution in [0.3, 0.4) is 0 Å². The molecule has 0 fully saturated rings. The largest absolute Gasteiger partial charge is 0.382 e. The first-order valence-corrected chi connectivity index (χ1v) is 7.29. The predicted octanol–water partition coefficient (Wildman–Crippen LogP) is 3.05. The van der Waals surface area contributed by atoms with Crippen LogP contribution in [0.2, 0.25) is 5.02 Å². The molecule has 0 radical (unpaired) electrons. The molecular formula is C15H23ClFNO2. The monoisotopic (exact) mass is 303 g/mol. The summed E-state index contributed by atoms with van der Waals surface area (Å²) < 4.78 is 24.3. The van der Waals surface area contributed by atoms with Gasteiger partial charge in [-0.1, -0.05) is 30.7 Å². The molecule has 0 amide bonds. The molecule has 0 spiro atoms. The number of likely N-dealkylation sites (N-methyl/N-ethyl adjacent to an activating group) is 1. The van der Waals surface area contributed by atoms with Crippen molar-refractivity contribution in [2.24, 2.45) is 0 Å². The van der Waals surface area contributed by atoms with Gasteiger partial charge in [0.15, 0.2) is 0 Å². The van der Waals surface area contributed by atoms with Crippen LogP contribution < -0.4 is 5.32 Å². The van der Waals surface area contributed by atoms with E-state index in [9.17, 15) is 4.39 Å². The number of hydrogen-bond donors (Lipinski definition) is 1. The second kappa shape index (κ2) is 10.1. The fourth-order valence-corrected chi connectivity index (χ4v) is 2.20. The minimum absolute atomic E-state index is 0.175. The smallest absolute Gasteiger partial charge is 0.145 e. The maximum atomic E-state index is 13.9. The van der Waals surface area contributed by atoms with E-state index in [2.05, 4.69) is 5.32 Å². The molecule has 0 bridgehead atoms. The lowest BCUT2D eigenvalue weighted by molar-refractivity contribution is 0.0658. The molecule has 0 heterocycles. The van der Waals surface area contributed by atoms with Gasteiger partial charge in [-0.2, -0.15) is 0 Å². The average Bonchev–Trinajstić information content (AvgIpc) is 2.43. The highest BCUT2D eigenvalue weighted by Crippen LogP contribution is 2.19. The predicted molar refractivity (Wildman–Crippen MR) is 79.9 cm³/mol. The summed E-state index contributed by atoms with van der Waals surface area (Å²) >= 11 is 5.80. The Morgan fingerprint density at radius 3 is 2.80 bits per heavy atom. The number of nitrogens with one attached hydrogen (secondary N) is 1. The molecule has 0 saturated carbocycles. The molecule has 0 aliphatic heterocycles. The van der Waals surface area contributed by atoms with Crippen LogP contribution in [-0.2, 0) is 15.9 Å². The lowest BCUT2D eigenvalue weighted by Gasteiger charge is -2.18. The maximum Gasteiger partial charge on any atom is 0.145 e. The minimum atomic E-state index is -0.322. The van der Waals surface area contributed by atoms with Crippen LogP contribution >= 0.6 is 11.6 Å². The van der Waals surface area contributed by atoms with Crippen molar-refractivity contribution >= 4 is 11.6 Å². The van der Waals surface area contributed by atoms with Gasteiger partial charge < -0.3 is 14.8 Å². The van der Waals surface area contributed by atoms with Crippen LogP contribution in [0, 0.1) is 5.82 Å². The van der Waals surface area contributed by atoms with Crippen LogP contribution in [0.5, 0.6) is 0 Å². The van der Waals surface area contributed by atoms with Crippen molar-refractivity contribution in [2.75, 3.05) is 33.5 Å². The highest BCUT2D eigenvalue weighted by molar-refractivity contribution is 6.30. The second-order valence-corrected chi connectivity index (χ2v) is 4.97. The molecular weight excluding hydrogens is 281 g/mol. The van der Waals surface area contributed by atoms with E-state index in [-0.39, 0.29) is 16.9 Å². The van der Waals surface area contributed by atoms with Crippen molar-refractivity contribution in [2.45, 2.75) is 25.8 Å². The lowest BCUT2D eigenvalue weighted by Crippen LogP contribution is -2.32. The fourth-order valence-electron chi connectivity index (χ4n) is 2.01. The normalized spacial score (nSPS) is 12.6. The Kier molecular flexibility index (Phi) is 8.78. The Balaban J connectivity index is 2.47. The maximum absolute atomic E-state index is 13.9. The quantitative estimate of drug-likeness (QED) is 0.674. The number of methoxy groups -OCH3 is 1. The van der Waals surface area contributed by atoms with E-state index in [1.807, 2.05) is 6.92 Å². The van der Waals surface area contributed by atoms with E-state index in [0.717, 1.165) is 13.0 Å². The summed E-state index contributed by atoms with van der Waals surface area (Å²) in [6, 6.07) is 5.29. The topological polar surface area (TPSA) is 30.5 Å². The summed E-state index contributed by atoms with van der Waals surface area (Å²) in [5.41, 5.74) is 0.639. The standard InChI is InChI=1S/C15H23ClFNO2/c1-3-18-13(7-8-20-10-9-19-2)11-12-5-4-6-14(16)15(12)17/h4-6,13,18H,3,7-11H2,1-2H3. The Labute approximate surface area is 125 Å². The Morgan fingerprint density at radius 2 is 2.10 bits per heavy atom. The van der Waals surface area contributed by atoms with Gasteiger partial charge in [0, 0.05) is 19.8 Å². The zero-order valence-electron chi connectivity index (χ0n) is 12.1. The molecule has 20 heavy (non-hydrogen) atoms. The summed E-state index contributed by atoms with van der Waals surface area (Å²) in [4.78, 5) is 0. The summed E-state index contributed by atoms with van der Waals surface area (Å²) in [5.74, 6) is -0.322. The number of halogens is 2. The molecule has 1 atom stereocenters. The zero-order chi connectivity index (χ0) is 14.8. The van der Waals surface area contributed by atoms with E-state index in [1.165, 1.54) is 0 Å². The third kappa shape index (κ3) is 6.18. The molecule has 1 rings (SSSR count). The van der Waals surface area contributed by atoms with E-state index in [1.54, 1.807) is 25.3 Å². The van der Waals surface area contributed by atoms with Gasteiger partial charge in [0.1, 0.15) is 5.82 Å². The van der Waals surface area contributed by atoms with E-state index in [0.29, 0.717) is 31.8 Å². The Hall–Kier alpha value is -0.680.